The first-order valence-corrected chi connectivity index (χ1v) is 8.05. The number of nitrogens with one attached hydrogen (secondary N) is 2. The van der Waals surface area contributed by atoms with E-state index in [1.807, 2.05) is 0 Å². The van der Waals surface area contributed by atoms with Crippen LogP contribution in [0.3, 0.4) is 0 Å². The predicted octanol–water partition coefficient (Wildman–Crippen LogP) is 2.14. The van der Waals surface area contributed by atoms with Crippen LogP contribution in [0.25, 0.3) is 0 Å². The van der Waals surface area contributed by atoms with Crippen LogP contribution in [-0.2, 0) is 6.54 Å². The van der Waals surface area contributed by atoms with E-state index in [1.54, 1.807) is 0 Å². The average Bonchev–Trinajstić information content (AvgIpc) is 3.21. The van der Waals surface area contributed by atoms with E-state index in [-0.39, 0.29) is 24.0 Å². The fourth-order valence-electron chi connectivity index (χ4n) is 2.36. The lowest BCUT2D eigenvalue weighted by Crippen LogP contribution is -2.40. The first-order valence-electron chi connectivity index (χ1n) is 8.05. The highest BCUT2D eigenvalue weighted by molar-refractivity contribution is 14.0. The molecule has 1 saturated carbocycles. The Kier molecular flexibility index (Phi) is 8.85. The second kappa shape index (κ2) is 10.1. The predicted molar refractivity (Wildman–Crippen MR) is 104 cm³/mol. The van der Waals surface area contributed by atoms with Crippen LogP contribution in [0.1, 0.15) is 26.7 Å². The van der Waals surface area contributed by atoms with Crippen LogP contribution >= 0.6 is 24.0 Å². The van der Waals surface area contributed by atoms with E-state index in [1.165, 1.54) is 12.8 Å². The molecule has 0 bridgehead atoms. The molecule has 2 rings (SSSR count). The Morgan fingerprint density at radius 3 is 2.59 bits per heavy atom. The van der Waals surface area contributed by atoms with Gasteiger partial charge in [-0.3, -0.25) is 9.89 Å². The molecule has 0 aromatic carbocycles. The van der Waals surface area contributed by atoms with Crippen molar-refractivity contribution in [2.45, 2.75) is 45.3 Å². The van der Waals surface area contributed by atoms with Crippen molar-refractivity contribution < 1.29 is 0 Å². The van der Waals surface area contributed by atoms with E-state index in [9.17, 15) is 0 Å². The summed E-state index contributed by atoms with van der Waals surface area (Å²) in [5, 5.41) is 6.71. The molecule has 0 spiro atoms. The minimum Gasteiger partial charge on any atom is -0.357 e. The molecule has 1 aliphatic carbocycles. The Hall–Kier alpha value is -0.760. The fourth-order valence-corrected chi connectivity index (χ4v) is 2.36. The number of likely N-dealkylation sites (N-methyl/N-ethyl adjacent to an activating group) is 1. The lowest BCUT2D eigenvalue weighted by atomic mass is 10.3. The van der Waals surface area contributed by atoms with Gasteiger partial charge in [-0.2, -0.15) is 0 Å². The lowest BCUT2D eigenvalue weighted by molar-refractivity contribution is 0.253. The van der Waals surface area contributed by atoms with E-state index >= 15 is 0 Å². The Morgan fingerprint density at radius 1 is 1.32 bits per heavy atom. The Morgan fingerprint density at radius 2 is 2.00 bits per heavy atom. The second-order valence-corrected chi connectivity index (χ2v) is 5.81. The molecule has 0 amide bonds. The number of hydrogen-bond acceptors (Lipinski definition) is 2. The van der Waals surface area contributed by atoms with Crippen molar-refractivity contribution in [3.05, 3.63) is 24.5 Å². The van der Waals surface area contributed by atoms with Crippen molar-refractivity contribution in [1.29, 1.82) is 0 Å². The minimum absolute atomic E-state index is 0. The minimum atomic E-state index is 0. The van der Waals surface area contributed by atoms with Gasteiger partial charge in [0.15, 0.2) is 5.96 Å². The third-order valence-corrected chi connectivity index (χ3v) is 4.00. The molecule has 1 aromatic rings. The van der Waals surface area contributed by atoms with Crippen molar-refractivity contribution in [1.82, 2.24) is 20.1 Å². The van der Waals surface area contributed by atoms with Gasteiger partial charge in [0, 0.05) is 44.1 Å². The van der Waals surface area contributed by atoms with Crippen LogP contribution in [0.5, 0.6) is 0 Å². The maximum atomic E-state index is 4.71. The highest BCUT2D eigenvalue weighted by atomic mass is 127. The number of rotatable bonds is 8. The van der Waals surface area contributed by atoms with Crippen LogP contribution < -0.4 is 10.6 Å². The summed E-state index contributed by atoms with van der Waals surface area (Å²) in [5.74, 6) is 0.917. The molecule has 0 saturated heterocycles. The lowest BCUT2D eigenvalue weighted by Gasteiger charge is -2.23. The molecule has 1 atom stereocenters. The number of guanidine groups is 1. The SMILES string of the molecule is CCNC(=NCC(C)N(C)C1CC1)NCCn1cccc1.I. The summed E-state index contributed by atoms with van der Waals surface area (Å²) < 4.78 is 2.17. The molecule has 0 radical (unpaired) electrons. The summed E-state index contributed by atoms with van der Waals surface area (Å²) in [4.78, 5) is 7.16. The smallest absolute Gasteiger partial charge is 0.191 e. The van der Waals surface area contributed by atoms with E-state index in [2.05, 4.69) is 65.5 Å². The zero-order valence-corrected chi connectivity index (χ0v) is 16.3. The summed E-state index contributed by atoms with van der Waals surface area (Å²) in [5.41, 5.74) is 0. The molecule has 1 aliphatic rings. The molecule has 1 heterocycles. The molecule has 5 nitrogen and oxygen atoms in total. The molecular weight excluding hydrogens is 389 g/mol. The molecule has 1 aromatic heterocycles. The summed E-state index contributed by atoms with van der Waals surface area (Å²) in [6, 6.07) is 5.39. The first-order chi connectivity index (χ1) is 10.2. The summed E-state index contributed by atoms with van der Waals surface area (Å²) >= 11 is 0. The van der Waals surface area contributed by atoms with Gasteiger partial charge >= 0.3 is 0 Å². The number of aliphatic imine (C=N–C) groups is 1. The standard InChI is InChI=1S/C16H29N5.HI/c1-4-17-16(18-9-12-21-10-5-6-11-21)19-13-14(2)20(3)15-7-8-15;/h5-6,10-11,14-15H,4,7-9,12-13H2,1-3H3,(H2,17,18,19);1H. The molecule has 1 fully saturated rings. The van der Waals surface area contributed by atoms with Gasteiger partial charge in [-0.05, 0) is 45.9 Å². The van der Waals surface area contributed by atoms with Crippen LogP contribution in [0.15, 0.2) is 29.5 Å². The number of aromatic nitrogens is 1. The van der Waals surface area contributed by atoms with Gasteiger partial charge in [0.1, 0.15) is 0 Å². The van der Waals surface area contributed by atoms with Gasteiger partial charge in [-0.25, -0.2) is 0 Å². The second-order valence-electron chi connectivity index (χ2n) is 5.81. The van der Waals surface area contributed by atoms with Crippen molar-refractivity contribution in [3.63, 3.8) is 0 Å². The molecule has 0 aliphatic heterocycles. The van der Waals surface area contributed by atoms with Crippen molar-refractivity contribution in [3.8, 4) is 0 Å². The molecular formula is C16H30IN5. The molecule has 126 valence electrons. The summed E-state index contributed by atoms with van der Waals surface area (Å²) in [6.07, 6.45) is 6.86. The Labute approximate surface area is 151 Å². The molecule has 22 heavy (non-hydrogen) atoms. The third-order valence-electron chi connectivity index (χ3n) is 4.00. The van der Waals surface area contributed by atoms with Gasteiger partial charge in [0.2, 0.25) is 0 Å². The summed E-state index contributed by atoms with van der Waals surface area (Å²) in [7, 11) is 2.21. The van der Waals surface area contributed by atoms with Gasteiger partial charge in [0.25, 0.3) is 0 Å². The first kappa shape index (κ1) is 19.3. The number of halogens is 1. The molecule has 6 heteroatoms. The van der Waals surface area contributed by atoms with E-state index in [4.69, 9.17) is 4.99 Å². The zero-order valence-electron chi connectivity index (χ0n) is 14.0. The Balaban J connectivity index is 0.00000242. The topological polar surface area (TPSA) is 44.6 Å². The highest BCUT2D eigenvalue weighted by Gasteiger charge is 2.28. The summed E-state index contributed by atoms with van der Waals surface area (Å²) in [6.45, 7) is 7.92. The van der Waals surface area contributed by atoms with Crippen molar-refractivity contribution in [2.75, 3.05) is 26.7 Å². The van der Waals surface area contributed by atoms with Gasteiger partial charge in [-0.15, -0.1) is 24.0 Å². The largest absolute Gasteiger partial charge is 0.357 e. The molecule has 2 N–H and O–H groups in total. The van der Waals surface area contributed by atoms with Crippen LogP contribution in [0.2, 0.25) is 0 Å². The van der Waals surface area contributed by atoms with Crippen LogP contribution in [0, 0.1) is 0 Å². The normalized spacial score (nSPS) is 16.3. The number of nitrogens with zero attached hydrogens (tertiary/aromatic N) is 3. The van der Waals surface area contributed by atoms with Crippen LogP contribution in [0.4, 0.5) is 0 Å². The van der Waals surface area contributed by atoms with E-state index < -0.39 is 0 Å². The molecule has 1 unspecified atom stereocenters. The third kappa shape index (κ3) is 6.56. The maximum absolute atomic E-state index is 4.71. The van der Waals surface area contributed by atoms with Gasteiger partial charge < -0.3 is 15.2 Å². The highest BCUT2D eigenvalue weighted by Crippen LogP contribution is 2.26. The monoisotopic (exact) mass is 419 g/mol. The maximum Gasteiger partial charge on any atom is 0.191 e. The quantitative estimate of drug-likeness (QED) is 0.386. The fraction of sp³-hybridized carbons (Fsp3) is 0.688. The number of hydrogen-bond donors (Lipinski definition) is 2. The average molecular weight is 419 g/mol. The van der Waals surface area contributed by atoms with Crippen LogP contribution in [-0.4, -0.2) is 54.2 Å². The van der Waals surface area contributed by atoms with E-state index in [0.717, 1.165) is 38.2 Å². The Bertz CT molecular complexity index is 428. The van der Waals surface area contributed by atoms with Crippen molar-refractivity contribution in [2.24, 2.45) is 4.99 Å². The zero-order chi connectivity index (χ0) is 15.1. The van der Waals surface area contributed by atoms with Crippen molar-refractivity contribution >= 4 is 29.9 Å². The van der Waals surface area contributed by atoms with Gasteiger partial charge in [0.05, 0.1) is 6.54 Å². The van der Waals surface area contributed by atoms with E-state index in [0.29, 0.717) is 6.04 Å². The van der Waals surface area contributed by atoms with Gasteiger partial charge in [-0.1, -0.05) is 0 Å².